The van der Waals surface area contributed by atoms with E-state index in [9.17, 15) is 9.59 Å². The van der Waals surface area contributed by atoms with Crippen molar-refractivity contribution in [2.24, 2.45) is 0 Å². The number of ether oxygens (including phenoxy) is 2. The van der Waals surface area contributed by atoms with Crippen molar-refractivity contribution in [2.45, 2.75) is 12.8 Å². The molecule has 2 aromatic heterocycles. The van der Waals surface area contributed by atoms with E-state index in [2.05, 4.69) is 20.6 Å². The molecule has 164 valence electrons. The number of carbonyl (C=O) groups excluding carboxylic acids is 2. The Morgan fingerprint density at radius 1 is 1.39 bits per heavy atom. The van der Waals surface area contributed by atoms with Crippen molar-refractivity contribution >= 4 is 29.6 Å². The van der Waals surface area contributed by atoms with Crippen molar-refractivity contribution in [2.75, 3.05) is 56.1 Å². The second kappa shape index (κ2) is 12.9. The van der Waals surface area contributed by atoms with E-state index in [4.69, 9.17) is 14.7 Å². The van der Waals surface area contributed by atoms with E-state index >= 15 is 0 Å². The number of amides is 2. The molecule has 0 spiro atoms. The highest BCUT2D eigenvalue weighted by molar-refractivity contribution is 6.00. The first-order valence-corrected chi connectivity index (χ1v) is 9.76. The molecular formula is C21H26N6O4. The third-order valence-electron chi connectivity index (χ3n) is 4.23. The molecule has 1 fully saturated rings. The summed E-state index contributed by atoms with van der Waals surface area (Å²) in [4.78, 5) is 32.6. The molecule has 1 aliphatic rings. The van der Waals surface area contributed by atoms with Gasteiger partial charge in [0.15, 0.2) is 6.29 Å². The van der Waals surface area contributed by atoms with Gasteiger partial charge in [-0.25, -0.2) is 14.8 Å². The van der Waals surface area contributed by atoms with E-state index in [1.807, 2.05) is 6.07 Å². The molecule has 10 nitrogen and oxygen atoms in total. The number of pyridine rings is 2. The maximum absolute atomic E-state index is 12.4. The molecule has 2 amide bonds. The topological polar surface area (TPSA) is 129 Å². The van der Waals surface area contributed by atoms with Crippen LogP contribution in [0.25, 0.3) is 0 Å². The van der Waals surface area contributed by atoms with E-state index in [0.717, 1.165) is 13.2 Å². The van der Waals surface area contributed by atoms with Crippen molar-refractivity contribution in [1.82, 2.24) is 9.97 Å². The quantitative estimate of drug-likeness (QED) is 0.511. The molecule has 0 saturated carbocycles. The summed E-state index contributed by atoms with van der Waals surface area (Å²) in [5.74, 6) is 0.589. The Kier molecular flexibility index (Phi) is 9.87. The molecule has 2 aromatic rings. The average Bonchev–Trinajstić information content (AvgIpc) is 3.39. The van der Waals surface area contributed by atoms with Gasteiger partial charge in [0.2, 0.25) is 0 Å². The zero-order chi connectivity index (χ0) is 22.5. The first-order valence-electron chi connectivity index (χ1n) is 9.76. The van der Waals surface area contributed by atoms with E-state index in [0.29, 0.717) is 36.5 Å². The lowest BCUT2D eigenvalue weighted by Crippen LogP contribution is -2.32. The maximum Gasteiger partial charge on any atom is 0.328 e. The minimum absolute atomic E-state index is 0.225. The zero-order valence-electron chi connectivity index (χ0n) is 17.6. The fourth-order valence-corrected chi connectivity index (χ4v) is 2.55. The number of rotatable bonds is 7. The van der Waals surface area contributed by atoms with Gasteiger partial charge in [-0.05, 0) is 25.0 Å². The number of aromatic nitrogens is 2. The monoisotopic (exact) mass is 426 g/mol. The Labute approximate surface area is 181 Å². The van der Waals surface area contributed by atoms with E-state index < -0.39 is 6.03 Å². The van der Waals surface area contributed by atoms with E-state index in [1.54, 1.807) is 31.4 Å². The van der Waals surface area contributed by atoms with Crippen LogP contribution in [-0.4, -0.2) is 62.8 Å². The van der Waals surface area contributed by atoms with Gasteiger partial charge in [-0.2, -0.15) is 5.26 Å². The van der Waals surface area contributed by atoms with Gasteiger partial charge in [0.25, 0.3) is 0 Å². The second-order valence-electron chi connectivity index (χ2n) is 6.49. The summed E-state index contributed by atoms with van der Waals surface area (Å²) in [6.45, 7) is 2.97. The lowest BCUT2D eigenvalue weighted by atomic mass is 10.2. The summed E-state index contributed by atoms with van der Waals surface area (Å²) in [5, 5.41) is 14.8. The van der Waals surface area contributed by atoms with Gasteiger partial charge < -0.3 is 14.8 Å². The summed E-state index contributed by atoms with van der Waals surface area (Å²) < 4.78 is 9.91. The van der Waals surface area contributed by atoms with Crippen LogP contribution in [0.3, 0.4) is 0 Å². The molecular weight excluding hydrogens is 400 g/mol. The Balaban J connectivity index is 0.000000597. The van der Waals surface area contributed by atoms with Crippen molar-refractivity contribution in [3.05, 3.63) is 41.7 Å². The molecule has 3 rings (SSSR count). The maximum atomic E-state index is 12.4. The molecule has 2 N–H and O–H groups in total. The van der Waals surface area contributed by atoms with Crippen LogP contribution in [0.2, 0.25) is 0 Å². The highest BCUT2D eigenvalue weighted by Gasteiger charge is 2.14. The standard InChI is InChI=1S/C17H18N6O3.C4H8O/c1-23(16-5-3-4-13(11-24)21-16)17(25)22-15-8-14(19-6-7-26-2)12(9-18)10-20-15;1-2-4-5-3-1/h3-5,8,10-11H,6-7H2,1-2H3,(H2,19,20,22,25);1-4H2. The summed E-state index contributed by atoms with van der Waals surface area (Å²) in [5.41, 5.74) is 1.12. The van der Waals surface area contributed by atoms with E-state index in [1.165, 1.54) is 31.0 Å². The number of nitrogens with one attached hydrogen (secondary N) is 2. The molecule has 1 aliphatic heterocycles. The van der Waals surface area contributed by atoms with Crippen LogP contribution in [0.4, 0.5) is 22.1 Å². The van der Waals surface area contributed by atoms with Crippen molar-refractivity contribution in [3.8, 4) is 6.07 Å². The number of anilines is 3. The lowest BCUT2D eigenvalue weighted by Gasteiger charge is -2.17. The van der Waals surface area contributed by atoms with Crippen LogP contribution < -0.4 is 15.5 Å². The third kappa shape index (κ3) is 7.65. The third-order valence-corrected chi connectivity index (χ3v) is 4.23. The van der Waals surface area contributed by atoms with Gasteiger partial charge in [-0.15, -0.1) is 0 Å². The fourth-order valence-electron chi connectivity index (χ4n) is 2.55. The predicted molar refractivity (Wildman–Crippen MR) is 116 cm³/mol. The number of carbonyl (C=O) groups is 2. The number of hydrogen-bond donors (Lipinski definition) is 2. The molecule has 0 radical (unpaired) electrons. The van der Waals surface area contributed by atoms with Crippen molar-refractivity contribution < 1.29 is 19.1 Å². The minimum atomic E-state index is -0.486. The summed E-state index contributed by atoms with van der Waals surface area (Å²) in [6.07, 6.45) is 4.53. The molecule has 0 atom stereocenters. The van der Waals surface area contributed by atoms with Gasteiger partial charge in [0.05, 0.1) is 17.9 Å². The Morgan fingerprint density at radius 2 is 2.16 bits per heavy atom. The van der Waals surface area contributed by atoms with Crippen LogP contribution in [0.5, 0.6) is 0 Å². The summed E-state index contributed by atoms with van der Waals surface area (Å²) in [7, 11) is 3.10. The number of aldehydes is 1. The fraction of sp³-hybridized carbons (Fsp3) is 0.381. The number of nitriles is 1. The Hall–Kier alpha value is -3.55. The molecule has 31 heavy (non-hydrogen) atoms. The molecule has 1 saturated heterocycles. The lowest BCUT2D eigenvalue weighted by molar-refractivity contribution is 0.111. The Morgan fingerprint density at radius 3 is 2.77 bits per heavy atom. The molecule has 0 aromatic carbocycles. The Bertz CT molecular complexity index is 903. The summed E-state index contributed by atoms with van der Waals surface area (Å²) in [6, 6.07) is 7.90. The largest absolute Gasteiger partial charge is 0.383 e. The van der Waals surface area contributed by atoms with Crippen molar-refractivity contribution in [1.29, 1.82) is 5.26 Å². The van der Waals surface area contributed by atoms with Gasteiger partial charge >= 0.3 is 6.03 Å². The molecule has 0 unspecified atom stereocenters. The van der Waals surface area contributed by atoms with Gasteiger partial charge in [-0.1, -0.05) is 6.07 Å². The predicted octanol–water partition coefficient (Wildman–Crippen LogP) is 2.68. The molecule has 3 heterocycles. The highest BCUT2D eigenvalue weighted by Crippen LogP contribution is 2.18. The molecule has 10 heteroatoms. The number of hydrogen-bond acceptors (Lipinski definition) is 8. The smallest absolute Gasteiger partial charge is 0.328 e. The summed E-state index contributed by atoms with van der Waals surface area (Å²) >= 11 is 0. The van der Waals surface area contributed by atoms with E-state index in [-0.39, 0.29) is 11.5 Å². The number of nitrogens with zero attached hydrogens (tertiary/aromatic N) is 4. The minimum Gasteiger partial charge on any atom is -0.383 e. The van der Waals surface area contributed by atoms with Crippen molar-refractivity contribution in [3.63, 3.8) is 0 Å². The van der Waals surface area contributed by atoms with Crippen LogP contribution >= 0.6 is 0 Å². The number of methoxy groups -OCH3 is 1. The first-order chi connectivity index (χ1) is 15.1. The SMILES string of the molecule is C1CCOC1.COCCNc1cc(NC(=O)N(C)c2cccc(C=O)n2)ncc1C#N. The van der Waals surface area contributed by atoms with Crippen LogP contribution in [0, 0.1) is 11.3 Å². The number of urea groups is 1. The van der Waals surface area contributed by atoms with Crippen LogP contribution in [0.1, 0.15) is 28.9 Å². The van der Waals surface area contributed by atoms with Crippen LogP contribution in [0.15, 0.2) is 30.5 Å². The van der Waals surface area contributed by atoms with Gasteiger partial charge in [-0.3, -0.25) is 15.0 Å². The van der Waals surface area contributed by atoms with Gasteiger partial charge in [0, 0.05) is 46.2 Å². The average molecular weight is 426 g/mol. The zero-order valence-corrected chi connectivity index (χ0v) is 17.6. The van der Waals surface area contributed by atoms with Gasteiger partial charge in [0.1, 0.15) is 23.4 Å². The van der Waals surface area contributed by atoms with Crippen LogP contribution in [-0.2, 0) is 9.47 Å². The molecule has 0 aliphatic carbocycles. The molecule has 0 bridgehead atoms. The second-order valence-corrected chi connectivity index (χ2v) is 6.49. The first kappa shape index (κ1) is 23.7. The highest BCUT2D eigenvalue weighted by atomic mass is 16.5. The normalized spacial score (nSPS) is 12.2.